The van der Waals surface area contributed by atoms with Gasteiger partial charge in [0.1, 0.15) is 0 Å². The third-order valence-corrected chi connectivity index (χ3v) is 2.73. The van der Waals surface area contributed by atoms with Crippen molar-refractivity contribution in [1.82, 2.24) is 0 Å². The van der Waals surface area contributed by atoms with E-state index < -0.39 is 5.97 Å². The molecule has 0 fully saturated rings. The topological polar surface area (TPSA) is 68.1 Å². The van der Waals surface area contributed by atoms with Gasteiger partial charge in [-0.2, -0.15) is 0 Å². The number of methoxy groups -OCH3 is 1. The second-order valence-corrected chi connectivity index (χ2v) is 3.94. The Morgan fingerprint density at radius 1 is 1.37 bits per heavy atom. The lowest BCUT2D eigenvalue weighted by atomic mass is 10.0. The van der Waals surface area contributed by atoms with E-state index in [1.807, 2.05) is 30.3 Å². The molecule has 0 saturated carbocycles. The Bertz CT molecular complexity index is 417. The highest BCUT2D eigenvalue weighted by Crippen LogP contribution is 2.22. The van der Waals surface area contributed by atoms with Crippen molar-refractivity contribution in [2.24, 2.45) is 5.16 Å². The van der Waals surface area contributed by atoms with Crippen molar-refractivity contribution in [3.8, 4) is 0 Å². The van der Waals surface area contributed by atoms with Crippen molar-refractivity contribution >= 4 is 11.7 Å². The predicted octanol–water partition coefficient (Wildman–Crippen LogP) is 2.55. The molecule has 0 amide bonds. The molecule has 1 aromatic rings. The molecule has 5 heteroatoms. The molecule has 0 aromatic heterocycles. The third-order valence-electron chi connectivity index (χ3n) is 2.73. The molecule has 1 unspecified atom stereocenters. The summed E-state index contributed by atoms with van der Waals surface area (Å²) in [5, 5.41) is 11.8. The molecule has 1 aromatic carbocycles. The number of oxime groups is 1. The second kappa shape index (κ2) is 8.26. The zero-order valence-corrected chi connectivity index (χ0v) is 11.2. The molecule has 19 heavy (non-hydrogen) atoms. The van der Waals surface area contributed by atoms with Crippen LogP contribution in [0.25, 0.3) is 0 Å². The van der Waals surface area contributed by atoms with Crippen molar-refractivity contribution in [1.29, 1.82) is 0 Å². The summed E-state index contributed by atoms with van der Waals surface area (Å²) in [6.45, 7) is 1.96. The minimum atomic E-state index is -0.590. The fourth-order valence-electron chi connectivity index (χ4n) is 1.76. The first kappa shape index (κ1) is 15.2. The predicted molar refractivity (Wildman–Crippen MR) is 71.3 cm³/mol. The summed E-state index contributed by atoms with van der Waals surface area (Å²) in [4.78, 5) is 11.5. The van der Waals surface area contributed by atoms with E-state index in [9.17, 15) is 4.79 Å². The monoisotopic (exact) mass is 265 g/mol. The fourth-order valence-corrected chi connectivity index (χ4v) is 1.76. The molecule has 5 nitrogen and oxygen atoms in total. The molecule has 0 bridgehead atoms. The van der Waals surface area contributed by atoms with Gasteiger partial charge in [-0.15, -0.1) is 0 Å². The fraction of sp³-hybridized carbons (Fsp3) is 0.429. The van der Waals surface area contributed by atoms with Crippen LogP contribution in [0, 0.1) is 0 Å². The van der Waals surface area contributed by atoms with Crippen LogP contribution in [-0.4, -0.2) is 30.6 Å². The molecule has 1 atom stereocenters. The number of benzene rings is 1. The maximum Gasteiger partial charge on any atom is 0.356 e. The zero-order valence-electron chi connectivity index (χ0n) is 11.2. The summed E-state index contributed by atoms with van der Waals surface area (Å²) in [5.74, 6) is -0.590. The molecule has 0 saturated heterocycles. The number of rotatable bonds is 7. The Labute approximate surface area is 112 Å². The second-order valence-electron chi connectivity index (χ2n) is 3.94. The van der Waals surface area contributed by atoms with Gasteiger partial charge in [-0.3, -0.25) is 0 Å². The van der Waals surface area contributed by atoms with Crippen molar-refractivity contribution in [2.45, 2.75) is 25.9 Å². The Hall–Kier alpha value is -1.88. The van der Waals surface area contributed by atoms with Crippen LogP contribution < -0.4 is 0 Å². The normalized spacial score (nSPS) is 13.1. The first-order chi connectivity index (χ1) is 9.22. The van der Waals surface area contributed by atoms with E-state index in [1.54, 1.807) is 14.0 Å². The van der Waals surface area contributed by atoms with Gasteiger partial charge >= 0.3 is 5.97 Å². The van der Waals surface area contributed by atoms with Gasteiger partial charge in [0.25, 0.3) is 0 Å². The SMILES string of the molecule is CCOC(=O)/C(CCC(OC)c1ccccc1)=N/O. The molecule has 0 radical (unpaired) electrons. The molecule has 104 valence electrons. The van der Waals surface area contributed by atoms with E-state index in [0.717, 1.165) is 5.56 Å². The van der Waals surface area contributed by atoms with Crippen molar-refractivity contribution in [3.63, 3.8) is 0 Å². The van der Waals surface area contributed by atoms with Gasteiger partial charge < -0.3 is 14.7 Å². The summed E-state index contributed by atoms with van der Waals surface area (Å²) in [7, 11) is 1.61. The van der Waals surface area contributed by atoms with Crippen LogP contribution in [0.5, 0.6) is 0 Å². The Kier molecular flexibility index (Phi) is 6.60. The van der Waals surface area contributed by atoms with Gasteiger partial charge in [0.2, 0.25) is 0 Å². The summed E-state index contributed by atoms with van der Waals surface area (Å²) >= 11 is 0. The standard InChI is InChI=1S/C14H19NO4/c1-3-19-14(16)12(15-17)9-10-13(18-2)11-7-5-4-6-8-11/h4-8,13,17H,3,9-10H2,1-2H3/b15-12+. The number of ether oxygens (including phenoxy) is 2. The van der Waals surface area contributed by atoms with Crippen LogP contribution in [0.2, 0.25) is 0 Å². The van der Waals surface area contributed by atoms with Gasteiger partial charge in [0, 0.05) is 13.5 Å². The number of carbonyl (C=O) groups excluding carboxylic acids is 1. The minimum absolute atomic E-state index is 0.0137. The van der Waals surface area contributed by atoms with Gasteiger partial charge in [-0.05, 0) is 18.9 Å². The largest absolute Gasteiger partial charge is 0.461 e. The lowest BCUT2D eigenvalue weighted by Gasteiger charge is -2.15. The highest BCUT2D eigenvalue weighted by molar-refractivity contribution is 6.36. The number of carbonyl (C=O) groups is 1. The average Bonchev–Trinajstić information content (AvgIpc) is 2.45. The highest BCUT2D eigenvalue weighted by Gasteiger charge is 2.17. The van der Waals surface area contributed by atoms with Crippen LogP contribution in [0.1, 0.15) is 31.4 Å². The zero-order chi connectivity index (χ0) is 14.1. The van der Waals surface area contributed by atoms with Crippen molar-refractivity contribution in [3.05, 3.63) is 35.9 Å². The molecule has 1 rings (SSSR count). The van der Waals surface area contributed by atoms with Crippen LogP contribution in [0.4, 0.5) is 0 Å². The number of esters is 1. The molecule has 0 aliphatic carbocycles. The average molecular weight is 265 g/mol. The van der Waals surface area contributed by atoms with E-state index in [1.165, 1.54) is 0 Å². The molecule has 1 N–H and O–H groups in total. The Balaban J connectivity index is 2.60. The van der Waals surface area contributed by atoms with E-state index in [-0.39, 0.29) is 18.4 Å². The Morgan fingerprint density at radius 3 is 2.58 bits per heavy atom. The number of hydrogen-bond donors (Lipinski definition) is 1. The van der Waals surface area contributed by atoms with Crippen LogP contribution >= 0.6 is 0 Å². The maximum atomic E-state index is 11.5. The van der Waals surface area contributed by atoms with Gasteiger partial charge in [-0.25, -0.2) is 4.79 Å². The molecule has 0 heterocycles. The van der Waals surface area contributed by atoms with E-state index in [0.29, 0.717) is 12.8 Å². The van der Waals surface area contributed by atoms with E-state index in [4.69, 9.17) is 14.7 Å². The highest BCUT2D eigenvalue weighted by atomic mass is 16.5. The van der Waals surface area contributed by atoms with Crippen LogP contribution in [0.15, 0.2) is 35.5 Å². The maximum absolute atomic E-state index is 11.5. The quantitative estimate of drug-likeness (QED) is 0.356. The smallest absolute Gasteiger partial charge is 0.356 e. The molecular formula is C14H19NO4. The molecule has 0 aliphatic rings. The first-order valence-corrected chi connectivity index (χ1v) is 6.18. The van der Waals surface area contributed by atoms with Crippen LogP contribution in [0.3, 0.4) is 0 Å². The lowest BCUT2D eigenvalue weighted by Crippen LogP contribution is -2.18. The van der Waals surface area contributed by atoms with E-state index in [2.05, 4.69) is 5.16 Å². The summed E-state index contributed by atoms with van der Waals surface area (Å²) in [6, 6.07) is 9.68. The summed E-state index contributed by atoms with van der Waals surface area (Å²) in [6.07, 6.45) is 0.689. The number of hydrogen-bond acceptors (Lipinski definition) is 5. The lowest BCUT2D eigenvalue weighted by molar-refractivity contribution is -0.135. The molecular weight excluding hydrogens is 246 g/mol. The minimum Gasteiger partial charge on any atom is -0.461 e. The van der Waals surface area contributed by atoms with Crippen molar-refractivity contribution in [2.75, 3.05) is 13.7 Å². The van der Waals surface area contributed by atoms with Gasteiger partial charge in [0.15, 0.2) is 5.71 Å². The molecule has 0 aliphatic heterocycles. The summed E-state index contributed by atoms with van der Waals surface area (Å²) in [5.41, 5.74) is 1.03. The summed E-state index contributed by atoms with van der Waals surface area (Å²) < 4.78 is 10.2. The first-order valence-electron chi connectivity index (χ1n) is 6.18. The number of nitrogens with zero attached hydrogens (tertiary/aromatic N) is 1. The Morgan fingerprint density at radius 2 is 2.05 bits per heavy atom. The van der Waals surface area contributed by atoms with Gasteiger partial charge in [-0.1, -0.05) is 35.5 Å². The van der Waals surface area contributed by atoms with Crippen LogP contribution in [-0.2, 0) is 14.3 Å². The van der Waals surface area contributed by atoms with E-state index >= 15 is 0 Å². The van der Waals surface area contributed by atoms with Gasteiger partial charge in [0.05, 0.1) is 12.7 Å². The van der Waals surface area contributed by atoms with Crippen molar-refractivity contribution < 1.29 is 19.5 Å². The molecule has 0 spiro atoms. The third kappa shape index (κ3) is 4.71.